The molecule has 1 aromatic heterocycles. The number of nitrogens with one attached hydrogen (secondary N) is 1. The molecule has 1 aromatic rings. The Hall–Kier alpha value is -0.550. The standard InChI is InChI=1S/C12H16BrNO2S/c1-12(2,3)16-11(15)14-9-5-8(9)10-4-7(13)6-17-10/h4,6,8-9H,5H2,1-3H3,(H,14,15). The lowest BCUT2D eigenvalue weighted by Gasteiger charge is -2.19. The molecule has 17 heavy (non-hydrogen) atoms. The van der Waals surface area contributed by atoms with Crippen molar-refractivity contribution in [2.24, 2.45) is 0 Å². The number of rotatable bonds is 2. The van der Waals surface area contributed by atoms with E-state index in [4.69, 9.17) is 4.74 Å². The Morgan fingerprint density at radius 1 is 1.59 bits per heavy atom. The van der Waals surface area contributed by atoms with Gasteiger partial charge in [0.05, 0.1) is 0 Å². The fourth-order valence-corrected chi connectivity index (χ4v) is 3.28. The van der Waals surface area contributed by atoms with Crippen LogP contribution in [0.3, 0.4) is 0 Å². The highest BCUT2D eigenvalue weighted by Gasteiger charge is 2.41. The van der Waals surface area contributed by atoms with Crippen LogP contribution < -0.4 is 5.32 Å². The topological polar surface area (TPSA) is 38.3 Å². The molecule has 0 spiro atoms. The van der Waals surface area contributed by atoms with Gasteiger partial charge in [-0.25, -0.2) is 4.79 Å². The van der Waals surface area contributed by atoms with Gasteiger partial charge in [-0.05, 0) is 49.2 Å². The van der Waals surface area contributed by atoms with Crippen LogP contribution in [0.15, 0.2) is 15.9 Å². The zero-order valence-electron chi connectivity index (χ0n) is 10.1. The van der Waals surface area contributed by atoms with Gasteiger partial charge >= 0.3 is 6.09 Å². The van der Waals surface area contributed by atoms with Crippen LogP contribution >= 0.6 is 27.3 Å². The van der Waals surface area contributed by atoms with Crippen molar-refractivity contribution in [1.29, 1.82) is 0 Å². The number of halogens is 1. The predicted octanol–water partition coefficient (Wildman–Crippen LogP) is 3.89. The van der Waals surface area contributed by atoms with Crippen LogP contribution in [0, 0.1) is 0 Å². The highest BCUT2D eigenvalue weighted by atomic mass is 79.9. The third kappa shape index (κ3) is 3.71. The highest BCUT2D eigenvalue weighted by molar-refractivity contribution is 9.10. The van der Waals surface area contributed by atoms with E-state index in [1.165, 1.54) is 4.88 Å². The van der Waals surface area contributed by atoms with Crippen LogP contribution in [0.5, 0.6) is 0 Å². The van der Waals surface area contributed by atoms with Crippen molar-refractivity contribution in [2.75, 3.05) is 0 Å². The molecule has 1 amide bonds. The molecular formula is C12H16BrNO2S. The Labute approximate surface area is 114 Å². The van der Waals surface area contributed by atoms with Crippen LogP contribution in [0.25, 0.3) is 0 Å². The van der Waals surface area contributed by atoms with Crippen molar-refractivity contribution >= 4 is 33.4 Å². The molecule has 1 fully saturated rings. The average molecular weight is 318 g/mol. The minimum Gasteiger partial charge on any atom is -0.444 e. The number of ether oxygens (including phenoxy) is 1. The van der Waals surface area contributed by atoms with Crippen LogP contribution in [-0.2, 0) is 4.74 Å². The number of thiophene rings is 1. The number of carbonyl (C=O) groups excluding carboxylic acids is 1. The van der Waals surface area contributed by atoms with Crippen molar-refractivity contribution in [3.8, 4) is 0 Å². The van der Waals surface area contributed by atoms with Crippen LogP contribution in [-0.4, -0.2) is 17.7 Å². The van der Waals surface area contributed by atoms with Gasteiger partial charge in [-0.2, -0.15) is 0 Å². The Morgan fingerprint density at radius 3 is 2.82 bits per heavy atom. The van der Waals surface area contributed by atoms with Gasteiger partial charge in [0.25, 0.3) is 0 Å². The number of carbonyl (C=O) groups is 1. The molecule has 1 N–H and O–H groups in total. The maximum Gasteiger partial charge on any atom is 0.407 e. The van der Waals surface area contributed by atoms with E-state index in [1.54, 1.807) is 11.3 Å². The Balaban J connectivity index is 1.82. The van der Waals surface area contributed by atoms with Gasteiger partial charge in [-0.1, -0.05) is 0 Å². The zero-order chi connectivity index (χ0) is 12.6. The van der Waals surface area contributed by atoms with Gasteiger partial charge in [0.2, 0.25) is 0 Å². The molecule has 1 saturated carbocycles. The van der Waals surface area contributed by atoms with Gasteiger partial charge < -0.3 is 10.1 Å². The van der Waals surface area contributed by atoms with Gasteiger partial charge in [-0.15, -0.1) is 11.3 Å². The molecule has 0 bridgehead atoms. The molecule has 5 heteroatoms. The summed E-state index contributed by atoms with van der Waals surface area (Å²) in [5.41, 5.74) is -0.430. The Morgan fingerprint density at radius 2 is 2.29 bits per heavy atom. The highest BCUT2D eigenvalue weighted by Crippen LogP contribution is 2.44. The van der Waals surface area contributed by atoms with Crippen LogP contribution in [0.1, 0.15) is 38.0 Å². The van der Waals surface area contributed by atoms with Gasteiger partial charge in [0.15, 0.2) is 0 Å². The van der Waals surface area contributed by atoms with E-state index in [0.29, 0.717) is 5.92 Å². The van der Waals surface area contributed by atoms with E-state index in [-0.39, 0.29) is 12.1 Å². The maximum atomic E-state index is 11.6. The number of hydrogen-bond acceptors (Lipinski definition) is 3. The van der Waals surface area contributed by atoms with E-state index < -0.39 is 5.60 Å². The molecule has 2 atom stereocenters. The third-order valence-electron chi connectivity index (χ3n) is 2.45. The van der Waals surface area contributed by atoms with Crippen LogP contribution in [0.4, 0.5) is 4.79 Å². The number of hydrogen-bond donors (Lipinski definition) is 1. The van der Waals surface area contributed by atoms with E-state index in [0.717, 1.165) is 10.9 Å². The van der Waals surface area contributed by atoms with E-state index >= 15 is 0 Å². The monoisotopic (exact) mass is 317 g/mol. The lowest BCUT2D eigenvalue weighted by atomic mass is 10.2. The molecule has 94 valence electrons. The smallest absolute Gasteiger partial charge is 0.407 e. The second kappa shape index (κ2) is 4.61. The summed E-state index contributed by atoms with van der Waals surface area (Å²) in [6.07, 6.45) is 0.687. The van der Waals surface area contributed by atoms with Gasteiger partial charge in [0.1, 0.15) is 5.60 Å². The van der Waals surface area contributed by atoms with E-state index in [2.05, 4.69) is 32.7 Å². The van der Waals surface area contributed by atoms with Crippen molar-refractivity contribution in [1.82, 2.24) is 5.32 Å². The molecule has 0 radical (unpaired) electrons. The minimum absolute atomic E-state index is 0.232. The first-order valence-electron chi connectivity index (χ1n) is 5.58. The largest absolute Gasteiger partial charge is 0.444 e. The average Bonchev–Trinajstić information content (AvgIpc) is 2.75. The van der Waals surface area contributed by atoms with Gasteiger partial charge in [-0.3, -0.25) is 0 Å². The summed E-state index contributed by atoms with van der Waals surface area (Å²) in [7, 11) is 0. The molecule has 0 saturated heterocycles. The first-order chi connectivity index (χ1) is 7.85. The first-order valence-corrected chi connectivity index (χ1v) is 7.26. The minimum atomic E-state index is -0.430. The summed E-state index contributed by atoms with van der Waals surface area (Å²) in [5, 5.41) is 4.97. The molecule has 3 nitrogen and oxygen atoms in total. The van der Waals surface area contributed by atoms with Crippen molar-refractivity contribution in [2.45, 2.75) is 44.8 Å². The summed E-state index contributed by atoms with van der Waals surface area (Å²) in [6.45, 7) is 5.61. The molecule has 2 rings (SSSR count). The first kappa shape index (κ1) is 12.9. The van der Waals surface area contributed by atoms with Crippen molar-refractivity contribution in [3.05, 3.63) is 20.8 Å². The summed E-state index contributed by atoms with van der Waals surface area (Å²) >= 11 is 5.16. The quantitative estimate of drug-likeness (QED) is 0.898. The summed E-state index contributed by atoms with van der Waals surface area (Å²) in [6, 6.07) is 2.35. The molecular weight excluding hydrogens is 302 g/mol. The molecule has 0 aromatic carbocycles. The maximum absolute atomic E-state index is 11.6. The second-order valence-electron chi connectivity index (χ2n) is 5.26. The summed E-state index contributed by atoms with van der Waals surface area (Å²) in [5.74, 6) is 0.457. The SMILES string of the molecule is CC(C)(C)OC(=O)NC1CC1c1cc(Br)cs1. The van der Waals surface area contributed by atoms with Crippen molar-refractivity contribution < 1.29 is 9.53 Å². The van der Waals surface area contributed by atoms with E-state index in [9.17, 15) is 4.79 Å². The summed E-state index contributed by atoms with van der Waals surface area (Å²) < 4.78 is 6.33. The number of alkyl carbamates (subject to hydrolysis) is 1. The third-order valence-corrected chi connectivity index (χ3v) is 4.27. The fraction of sp³-hybridized carbons (Fsp3) is 0.583. The van der Waals surface area contributed by atoms with E-state index in [1.807, 2.05) is 20.8 Å². The molecule has 2 unspecified atom stereocenters. The lowest BCUT2D eigenvalue weighted by Crippen LogP contribution is -2.34. The number of amides is 1. The predicted molar refractivity (Wildman–Crippen MR) is 72.5 cm³/mol. The molecule has 0 aliphatic heterocycles. The normalized spacial score (nSPS) is 23.3. The molecule has 1 aliphatic carbocycles. The zero-order valence-corrected chi connectivity index (χ0v) is 12.5. The van der Waals surface area contributed by atoms with Crippen molar-refractivity contribution in [3.63, 3.8) is 0 Å². The fourth-order valence-electron chi connectivity index (χ4n) is 1.65. The van der Waals surface area contributed by atoms with Crippen LogP contribution in [0.2, 0.25) is 0 Å². The second-order valence-corrected chi connectivity index (χ2v) is 7.12. The molecule has 1 heterocycles. The van der Waals surface area contributed by atoms with Gasteiger partial charge in [0, 0.05) is 26.7 Å². The Bertz CT molecular complexity index is 424. The molecule has 1 aliphatic rings. The summed E-state index contributed by atoms with van der Waals surface area (Å²) in [4.78, 5) is 12.9. The lowest BCUT2D eigenvalue weighted by molar-refractivity contribution is 0.0523. The Kier molecular flexibility index (Phi) is 3.50.